The summed E-state index contributed by atoms with van der Waals surface area (Å²) in [5.74, 6) is 1.000. The summed E-state index contributed by atoms with van der Waals surface area (Å²) in [5.41, 5.74) is 2.16. The van der Waals surface area contributed by atoms with E-state index in [-0.39, 0.29) is 5.91 Å². The first-order valence-corrected chi connectivity index (χ1v) is 9.87. The lowest BCUT2D eigenvalue weighted by molar-refractivity contribution is -0.116. The van der Waals surface area contributed by atoms with Crippen molar-refractivity contribution in [2.24, 2.45) is 0 Å². The molecule has 1 heterocycles. The van der Waals surface area contributed by atoms with Crippen LogP contribution in [0.4, 0.5) is 17.1 Å². The van der Waals surface area contributed by atoms with E-state index in [0.29, 0.717) is 35.0 Å². The Morgan fingerprint density at radius 1 is 1.17 bits per heavy atom. The summed E-state index contributed by atoms with van der Waals surface area (Å²) in [4.78, 5) is 26.1. The first kappa shape index (κ1) is 20.7. The predicted molar refractivity (Wildman–Crippen MR) is 117 cm³/mol. The van der Waals surface area contributed by atoms with E-state index in [1.165, 1.54) is 6.07 Å². The van der Waals surface area contributed by atoms with Crippen LogP contribution in [0.15, 0.2) is 57.7 Å². The van der Waals surface area contributed by atoms with E-state index in [0.717, 1.165) is 23.9 Å². The van der Waals surface area contributed by atoms with E-state index in [1.807, 2.05) is 42.3 Å². The molecule has 0 atom stereocenters. The van der Waals surface area contributed by atoms with Crippen LogP contribution in [0.5, 0.6) is 5.75 Å². The number of amides is 1. The fourth-order valence-corrected chi connectivity index (χ4v) is 3.30. The summed E-state index contributed by atoms with van der Waals surface area (Å²) in [7, 11) is 3.41. The van der Waals surface area contributed by atoms with Crippen molar-refractivity contribution < 1.29 is 13.9 Å². The van der Waals surface area contributed by atoms with Crippen molar-refractivity contribution in [1.82, 2.24) is 0 Å². The molecular weight excluding hydrogens is 392 g/mol. The van der Waals surface area contributed by atoms with Gasteiger partial charge in [0.05, 0.1) is 18.5 Å². The van der Waals surface area contributed by atoms with Crippen molar-refractivity contribution in [1.29, 1.82) is 0 Å². The highest BCUT2D eigenvalue weighted by Crippen LogP contribution is 2.34. The van der Waals surface area contributed by atoms with Gasteiger partial charge in [0.2, 0.25) is 5.91 Å². The van der Waals surface area contributed by atoms with Crippen LogP contribution in [0.3, 0.4) is 0 Å². The van der Waals surface area contributed by atoms with Gasteiger partial charge in [0.1, 0.15) is 11.3 Å². The Morgan fingerprint density at radius 2 is 1.97 bits per heavy atom. The van der Waals surface area contributed by atoms with Gasteiger partial charge in [-0.05, 0) is 43.2 Å². The van der Waals surface area contributed by atoms with E-state index in [2.05, 4.69) is 5.32 Å². The molecule has 3 aromatic rings. The summed E-state index contributed by atoms with van der Waals surface area (Å²) in [6.45, 7) is 0. The van der Waals surface area contributed by atoms with Crippen molar-refractivity contribution in [3.8, 4) is 5.75 Å². The fourth-order valence-electron chi connectivity index (χ4n) is 3.11. The molecule has 0 spiro atoms. The van der Waals surface area contributed by atoms with Crippen LogP contribution in [-0.4, -0.2) is 25.9 Å². The number of unbranched alkanes of at least 4 members (excludes halogenated alkanes) is 1. The largest absolute Gasteiger partial charge is 0.495 e. The second-order valence-corrected chi connectivity index (χ2v) is 6.96. The van der Waals surface area contributed by atoms with Gasteiger partial charge >= 0.3 is 5.63 Å². The van der Waals surface area contributed by atoms with Gasteiger partial charge in [-0.15, -0.1) is 11.6 Å². The standard InChI is InChI=1S/C22H23ClN2O4/c1-25(18-14-22(27)29-19-8-4-3-7-16(18)19)15-10-11-20(28-2)17(13-15)24-21(26)9-5-6-12-23/h3-4,7-8,10-11,13-14H,5-6,9,12H2,1-2H3,(H,24,26). The predicted octanol–water partition coefficient (Wildman–Crippen LogP) is 4.92. The zero-order valence-electron chi connectivity index (χ0n) is 16.4. The SMILES string of the molecule is COc1ccc(N(C)c2cc(=O)oc3ccccc23)cc1NC(=O)CCCCCl. The molecule has 0 aliphatic carbocycles. The summed E-state index contributed by atoms with van der Waals surface area (Å²) < 4.78 is 10.7. The first-order valence-electron chi connectivity index (χ1n) is 9.34. The van der Waals surface area contributed by atoms with Gasteiger partial charge in [-0.1, -0.05) is 12.1 Å². The highest BCUT2D eigenvalue weighted by molar-refractivity contribution is 6.17. The molecule has 0 fully saturated rings. The minimum Gasteiger partial charge on any atom is -0.495 e. The average Bonchev–Trinajstić information content (AvgIpc) is 2.72. The number of alkyl halides is 1. The summed E-state index contributed by atoms with van der Waals surface area (Å²) in [5, 5.41) is 3.72. The first-order chi connectivity index (χ1) is 14.0. The summed E-state index contributed by atoms with van der Waals surface area (Å²) in [6.07, 6.45) is 1.90. The van der Waals surface area contributed by atoms with E-state index in [4.69, 9.17) is 20.8 Å². The molecule has 0 saturated heterocycles. The Kier molecular flexibility index (Phi) is 6.77. The number of fused-ring (bicyclic) bond motifs is 1. The van der Waals surface area contributed by atoms with Crippen molar-refractivity contribution in [2.45, 2.75) is 19.3 Å². The Hall–Kier alpha value is -2.99. The number of hydrogen-bond acceptors (Lipinski definition) is 5. The van der Waals surface area contributed by atoms with Gasteiger partial charge in [0.15, 0.2) is 0 Å². The van der Waals surface area contributed by atoms with Crippen LogP contribution >= 0.6 is 11.6 Å². The Balaban J connectivity index is 1.93. The highest BCUT2D eigenvalue weighted by Gasteiger charge is 2.14. The minimum absolute atomic E-state index is 0.0981. The average molecular weight is 415 g/mol. The van der Waals surface area contributed by atoms with Crippen LogP contribution in [0.2, 0.25) is 0 Å². The number of hydrogen-bond donors (Lipinski definition) is 1. The molecule has 1 amide bonds. The number of methoxy groups -OCH3 is 1. The van der Waals surface area contributed by atoms with Crippen LogP contribution in [0.25, 0.3) is 11.0 Å². The number of halogens is 1. The number of ether oxygens (including phenoxy) is 1. The monoisotopic (exact) mass is 414 g/mol. The molecule has 0 aliphatic heterocycles. The molecule has 2 aromatic carbocycles. The topological polar surface area (TPSA) is 71.8 Å². The number of carbonyl (C=O) groups is 1. The van der Waals surface area contributed by atoms with Gasteiger partial charge in [-0.2, -0.15) is 0 Å². The Morgan fingerprint density at radius 3 is 2.72 bits per heavy atom. The molecule has 7 heteroatoms. The molecule has 29 heavy (non-hydrogen) atoms. The minimum atomic E-state index is -0.424. The Bertz CT molecular complexity index is 1060. The third-order valence-corrected chi connectivity index (χ3v) is 4.89. The molecule has 152 valence electrons. The van der Waals surface area contributed by atoms with Gasteiger partial charge < -0.3 is 19.4 Å². The van der Waals surface area contributed by atoms with Crippen LogP contribution in [-0.2, 0) is 4.79 Å². The number of nitrogens with zero attached hydrogens (tertiary/aromatic N) is 1. The van der Waals surface area contributed by atoms with Crippen molar-refractivity contribution >= 4 is 45.5 Å². The molecule has 0 saturated carbocycles. The molecule has 0 unspecified atom stereocenters. The maximum Gasteiger partial charge on any atom is 0.338 e. The quantitative estimate of drug-likeness (QED) is 0.322. The number of anilines is 3. The molecule has 3 rings (SSSR count). The Labute approximate surface area is 174 Å². The molecule has 1 N–H and O–H groups in total. The molecule has 0 bridgehead atoms. The van der Waals surface area contributed by atoms with E-state index in [9.17, 15) is 9.59 Å². The normalized spacial score (nSPS) is 10.7. The number of rotatable bonds is 8. The molecular formula is C22H23ClN2O4. The van der Waals surface area contributed by atoms with Crippen LogP contribution < -0.4 is 20.6 Å². The number of benzene rings is 2. The molecule has 0 aliphatic rings. The highest BCUT2D eigenvalue weighted by atomic mass is 35.5. The second-order valence-electron chi connectivity index (χ2n) is 6.58. The zero-order chi connectivity index (χ0) is 20.8. The van der Waals surface area contributed by atoms with E-state index >= 15 is 0 Å². The summed E-state index contributed by atoms with van der Waals surface area (Å²) >= 11 is 5.67. The number of carbonyl (C=O) groups excluding carboxylic acids is 1. The lowest BCUT2D eigenvalue weighted by atomic mass is 10.1. The lowest BCUT2D eigenvalue weighted by Crippen LogP contribution is -2.15. The van der Waals surface area contributed by atoms with Gasteiger partial charge in [0.25, 0.3) is 0 Å². The zero-order valence-corrected chi connectivity index (χ0v) is 17.2. The summed E-state index contributed by atoms with van der Waals surface area (Å²) in [6, 6.07) is 14.3. The third-order valence-electron chi connectivity index (χ3n) is 4.62. The molecule has 6 nitrogen and oxygen atoms in total. The third kappa shape index (κ3) is 4.90. The van der Waals surface area contributed by atoms with Crippen molar-refractivity contribution in [3.05, 3.63) is 59.0 Å². The van der Waals surface area contributed by atoms with Gasteiger partial charge in [-0.3, -0.25) is 4.79 Å². The number of nitrogens with one attached hydrogen (secondary N) is 1. The van der Waals surface area contributed by atoms with E-state index in [1.54, 1.807) is 19.2 Å². The maximum atomic E-state index is 12.2. The maximum absolute atomic E-state index is 12.2. The fraction of sp³-hybridized carbons (Fsp3) is 0.273. The molecule has 0 radical (unpaired) electrons. The number of para-hydroxylation sites is 1. The van der Waals surface area contributed by atoms with Gasteiger partial charge in [-0.25, -0.2) is 4.79 Å². The van der Waals surface area contributed by atoms with Crippen LogP contribution in [0, 0.1) is 0 Å². The second kappa shape index (κ2) is 9.47. The van der Waals surface area contributed by atoms with Crippen molar-refractivity contribution in [2.75, 3.05) is 30.3 Å². The molecule has 1 aromatic heterocycles. The smallest absolute Gasteiger partial charge is 0.338 e. The van der Waals surface area contributed by atoms with Crippen LogP contribution in [0.1, 0.15) is 19.3 Å². The van der Waals surface area contributed by atoms with Gasteiger partial charge in [0, 0.05) is 36.5 Å². The van der Waals surface area contributed by atoms with Crippen molar-refractivity contribution in [3.63, 3.8) is 0 Å². The van der Waals surface area contributed by atoms with E-state index < -0.39 is 5.63 Å². The lowest BCUT2D eigenvalue weighted by Gasteiger charge is -2.22.